The molecule has 0 radical (unpaired) electrons. The Bertz CT molecular complexity index is 938. The summed E-state index contributed by atoms with van der Waals surface area (Å²) in [6.07, 6.45) is 6.81. The molecule has 0 aliphatic heterocycles. The van der Waals surface area contributed by atoms with Crippen molar-refractivity contribution in [3.05, 3.63) is 29.5 Å². The van der Waals surface area contributed by atoms with Crippen molar-refractivity contribution in [2.75, 3.05) is 19.5 Å². The lowest BCUT2D eigenvalue weighted by atomic mass is 10.2. The molecule has 0 spiro atoms. The van der Waals surface area contributed by atoms with Crippen LogP contribution in [0.4, 0.5) is 5.82 Å². The number of nitrogens with one attached hydrogen (secondary N) is 1. The van der Waals surface area contributed by atoms with Crippen LogP contribution in [-0.2, 0) is 9.47 Å². The van der Waals surface area contributed by atoms with Crippen molar-refractivity contribution in [2.45, 2.75) is 31.4 Å². The van der Waals surface area contributed by atoms with Crippen LogP contribution >= 0.6 is 11.3 Å². The summed E-state index contributed by atoms with van der Waals surface area (Å²) in [5, 5.41) is 9.64. The van der Waals surface area contributed by atoms with E-state index in [0.29, 0.717) is 11.6 Å². The minimum Gasteiger partial charge on any atom is -0.464 e. The average molecular weight is 373 g/mol. The van der Waals surface area contributed by atoms with Crippen molar-refractivity contribution in [1.82, 2.24) is 19.6 Å². The van der Waals surface area contributed by atoms with Gasteiger partial charge >= 0.3 is 5.97 Å². The van der Waals surface area contributed by atoms with Gasteiger partial charge in [-0.25, -0.2) is 19.3 Å². The highest BCUT2D eigenvalue weighted by molar-refractivity contribution is 7.16. The Balaban J connectivity index is 1.74. The molecule has 1 fully saturated rings. The molecule has 1 aliphatic rings. The van der Waals surface area contributed by atoms with Crippen LogP contribution in [0.1, 0.15) is 29.8 Å². The molecule has 2 atom stereocenters. The molecule has 26 heavy (non-hydrogen) atoms. The fraction of sp³-hybridized carbons (Fsp3) is 0.412. The third kappa shape index (κ3) is 3.04. The predicted molar refractivity (Wildman–Crippen MR) is 97.5 cm³/mol. The van der Waals surface area contributed by atoms with E-state index in [1.165, 1.54) is 7.11 Å². The van der Waals surface area contributed by atoms with Gasteiger partial charge < -0.3 is 14.8 Å². The Morgan fingerprint density at radius 2 is 2.23 bits per heavy atom. The second-order valence-electron chi connectivity index (χ2n) is 6.12. The Labute approximate surface area is 154 Å². The number of carbonyl (C=O) groups excluding carboxylic acids is 1. The molecule has 0 unspecified atom stereocenters. The van der Waals surface area contributed by atoms with Gasteiger partial charge in [-0.15, -0.1) is 11.3 Å². The van der Waals surface area contributed by atoms with Gasteiger partial charge in [-0.05, 0) is 19.3 Å². The monoisotopic (exact) mass is 373 g/mol. The molecule has 8 nitrogen and oxygen atoms in total. The summed E-state index contributed by atoms with van der Waals surface area (Å²) in [5.74, 6) is 0.529. The molecular weight excluding hydrogens is 354 g/mol. The number of ether oxygens (including phenoxy) is 2. The maximum Gasteiger partial charge on any atom is 0.356 e. The Morgan fingerprint density at radius 1 is 1.35 bits per heavy atom. The summed E-state index contributed by atoms with van der Waals surface area (Å²) in [5.41, 5.74) is 0.992. The number of aromatic nitrogens is 4. The molecule has 1 N–H and O–H groups in total. The van der Waals surface area contributed by atoms with Crippen LogP contribution in [0.15, 0.2) is 23.8 Å². The van der Waals surface area contributed by atoms with E-state index in [-0.39, 0.29) is 17.8 Å². The van der Waals surface area contributed by atoms with E-state index in [1.54, 1.807) is 35.2 Å². The fourth-order valence-corrected chi connectivity index (χ4v) is 4.09. The van der Waals surface area contributed by atoms with E-state index in [2.05, 4.69) is 20.4 Å². The minimum absolute atomic E-state index is 0.134. The lowest BCUT2D eigenvalue weighted by molar-refractivity contribution is 0.0594. The first-order chi connectivity index (χ1) is 12.7. The van der Waals surface area contributed by atoms with E-state index < -0.39 is 5.97 Å². The molecule has 3 aromatic rings. The molecule has 0 bridgehead atoms. The van der Waals surface area contributed by atoms with Crippen LogP contribution in [0, 0.1) is 0 Å². The maximum absolute atomic E-state index is 12.1. The van der Waals surface area contributed by atoms with Crippen LogP contribution in [0.3, 0.4) is 0 Å². The number of methoxy groups -OCH3 is 2. The molecule has 9 heteroatoms. The zero-order valence-electron chi connectivity index (χ0n) is 14.5. The van der Waals surface area contributed by atoms with Gasteiger partial charge in [0.25, 0.3) is 0 Å². The fourth-order valence-electron chi connectivity index (χ4n) is 3.29. The molecule has 1 aliphatic carbocycles. The summed E-state index contributed by atoms with van der Waals surface area (Å²) in [7, 11) is 3.06. The maximum atomic E-state index is 12.1. The van der Waals surface area contributed by atoms with Crippen LogP contribution in [0.25, 0.3) is 16.2 Å². The van der Waals surface area contributed by atoms with Gasteiger partial charge in [0.05, 0.1) is 31.0 Å². The highest BCUT2D eigenvalue weighted by atomic mass is 32.1. The van der Waals surface area contributed by atoms with Gasteiger partial charge in [-0.1, -0.05) is 0 Å². The number of hydrogen-bond acceptors (Lipinski definition) is 8. The van der Waals surface area contributed by atoms with Crippen LogP contribution in [0.5, 0.6) is 0 Å². The van der Waals surface area contributed by atoms with E-state index in [0.717, 1.165) is 29.7 Å². The van der Waals surface area contributed by atoms with Crippen molar-refractivity contribution in [3.8, 4) is 11.4 Å². The summed E-state index contributed by atoms with van der Waals surface area (Å²) in [4.78, 5) is 22.0. The van der Waals surface area contributed by atoms with E-state index >= 15 is 0 Å². The van der Waals surface area contributed by atoms with Gasteiger partial charge in [-0.2, -0.15) is 5.10 Å². The zero-order chi connectivity index (χ0) is 18.1. The van der Waals surface area contributed by atoms with Gasteiger partial charge in [-0.3, -0.25) is 0 Å². The molecule has 3 heterocycles. The van der Waals surface area contributed by atoms with Crippen molar-refractivity contribution < 1.29 is 14.3 Å². The van der Waals surface area contributed by atoms with Crippen LogP contribution in [-0.4, -0.2) is 51.9 Å². The summed E-state index contributed by atoms with van der Waals surface area (Å²) in [6.45, 7) is 0. The first-order valence-corrected chi connectivity index (χ1v) is 9.25. The Hall–Kier alpha value is -2.52. The highest BCUT2D eigenvalue weighted by Crippen LogP contribution is 2.28. The molecule has 0 amide bonds. The van der Waals surface area contributed by atoms with E-state index in [4.69, 9.17) is 9.47 Å². The molecule has 0 aromatic carbocycles. The number of fused-ring (bicyclic) bond motifs is 1. The van der Waals surface area contributed by atoms with Gasteiger partial charge in [0, 0.05) is 24.8 Å². The van der Waals surface area contributed by atoms with E-state index in [9.17, 15) is 4.79 Å². The number of nitrogens with zero attached hydrogens (tertiary/aromatic N) is 4. The van der Waals surface area contributed by atoms with E-state index in [1.807, 2.05) is 11.6 Å². The number of rotatable bonds is 5. The third-order valence-corrected chi connectivity index (χ3v) is 5.47. The SMILES string of the molecule is COC(=O)c1cc(N[C@H]2CCC[C@@H]2OC)nc(-c2cnn3ccsc23)n1. The largest absolute Gasteiger partial charge is 0.464 e. The number of esters is 1. The molecule has 4 rings (SSSR count). The molecule has 3 aromatic heterocycles. The lowest BCUT2D eigenvalue weighted by Crippen LogP contribution is -2.30. The average Bonchev–Trinajstić information content (AvgIpc) is 3.37. The second-order valence-corrected chi connectivity index (χ2v) is 7.02. The molecule has 0 saturated heterocycles. The first kappa shape index (κ1) is 16.9. The normalized spacial score (nSPS) is 19.8. The quantitative estimate of drug-likeness (QED) is 0.688. The zero-order valence-corrected chi connectivity index (χ0v) is 15.3. The topological polar surface area (TPSA) is 90.6 Å². The third-order valence-electron chi connectivity index (χ3n) is 4.58. The molecule has 1 saturated carbocycles. The van der Waals surface area contributed by atoms with Gasteiger partial charge in [0.15, 0.2) is 11.5 Å². The molecule has 136 valence electrons. The first-order valence-electron chi connectivity index (χ1n) is 8.37. The highest BCUT2D eigenvalue weighted by Gasteiger charge is 2.28. The summed E-state index contributed by atoms with van der Waals surface area (Å²) < 4.78 is 12.1. The van der Waals surface area contributed by atoms with Crippen molar-refractivity contribution in [3.63, 3.8) is 0 Å². The number of thiazole rings is 1. The summed E-state index contributed by atoms with van der Waals surface area (Å²) >= 11 is 1.54. The summed E-state index contributed by atoms with van der Waals surface area (Å²) in [6, 6.07) is 1.78. The smallest absolute Gasteiger partial charge is 0.356 e. The second kappa shape index (κ2) is 7.00. The number of anilines is 1. The number of carbonyl (C=O) groups is 1. The number of hydrogen-bond donors (Lipinski definition) is 1. The Morgan fingerprint density at radius 3 is 3.04 bits per heavy atom. The van der Waals surface area contributed by atoms with Crippen molar-refractivity contribution >= 4 is 28.0 Å². The van der Waals surface area contributed by atoms with Crippen LogP contribution in [0.2, 0.25) is 0 Å². The van der Waals surface area contributed by atoms with Crippen LogP contribution < -0.4 is 5.32 Å². The lowest BCUT2D eigenvalue weighted by Gasteiger charge is -2.20. The Kier molecular flexibility index (Phi) is 4.56. The van der Waals surface area contributed by atoms with Crippen molar-refractivity contribution in [2.24, 2.45) is 0 Å². The minimum atomic E-state index is -0.499. The molecular formula is C17H19N5O3S. The van der Waals surface area contributed by atoms with Gasteiger partial charge in [0.2, 0.25) is 0 Å². The predicted octanol–water partition coefficient (Wildman–Crippen LogP) is 2.62. The standard InChI is InChI=1S/C17H19N5O3S/c1-24-13-5-3-4-11(13)19-14-8-12(17(23)25-2)20-15(21-14)10-9-18-22-6-7-26-16(10)22/h6-9,11,13H,3-5H2,1-2H3,(H,19,20,21)/t11-,13-/m0/s1. The van der Waals surface area contributed by atoms with Crippen molar-refractivity contribution in [1.29, 1.82) is 0 Å². The van der Waals surface area contributed by atoms with Gasteiger partial charge in [0.1, 0.15) is 10.6 Å².